The lowest BCUT2D eigenvalue weighted by molar-refractivity contribution is 0.0743. The first-order chi connectivity index (χ1) is 18.1. The van der Waals surface area contributed by atoms with E-state index in [4.69, 9.17) is 4.74 Å². The minimum atomic E-state index is -0.219. The van der Waals surface area contributed by atoms with Gasteiger partial charge in [-0.1, -0.05) is 24.3 Å². The molecule has 1 amide bonds. The number of nitrogens with one attached hydrogen (secondary N) is 2. The Balaban J connectivity index is 1.21. The van der Waals surface area contributed by atoms with E-state index in [1.807, 2.05) is 47.4 Å². The first kappa shape index (κ1) is 22.7. The van der Waals surface area contributed by atoms with E-state index < -0.39 is 0 Å². The molecule has 0 atom stereocenters. The summed E-state index contributed by atoms with van der Waals surface area (Å²) in [6.07, 6.45) is 3.91. The highest BCUT2D eigenvalue weighted by Crippen LogP contribution is 2.25. The van der Waals surface area contributed by atoms with Gasteiger partial charge in [0.25, 0.3) is 11.5 Å². The molecule has 1 aliphatic heterocycles. The number of imidazole rings is 1. The molecule has 0 spiro atoms. The van der Waals surface area contributed by atoms with Crippen molar-refractivity contribution in [3.8, 4) is 5.75 Å². The van der Waals surface area contributed by atoms with Crippen molar-refractivity contribution < 1.29 is 9.53 Å². The van der Waals surface area contributed by atoms with Crippen LogP contribution in [0.15, 0.2) is 65.8 Å². The monoisotopic (exact) mass is 495 g/mol. The molecular weight excluding hydrogens is 470 g/mol. The zero-order valence-corrected chi connectivity index (χ0v) is 20.3. The lowest BCUT2D eigenvalue weighted by atomic mass is 10.0. The number of hydrogen-bond donors (Lipinski definition) is 2. The lowest BCUT2D eigenvalue weighted by Gasteiger charge is -2.35. The molecule has 1 aliphatic rings. The summed E-state index contributed by atoms with van der Waals surface area (Å²) in [5, 5.41) is 8.25. The van der Waals surface area contributed by atoms with Gasteiger partial charge in [-0.15, -0.1) is 0 Å². The van der Waals surface area contributed by atoms with Crippen LogP contribution in [0, 0.1) is 0 Å². The molecule has 10 nitrogen and oxygen atoms in total. The molecule has 0 radical (unpaired) electrons. The molecule has 186 valence electrons. The number of carbonyl (C=O) groups is 1. The smallest absolute Gasteiger partial charge is 0.272 e. The third-order valence-electron chi connectivity index (χ3n) is 6.82. The fourth-order valence-corrected chi connectivity index (χ4v) is 4.84. The summed E-state index contributed by atoms with van der Waals surface area (Å²) in [6, 6.07) is 15.0. The van der Waals surface area contributed by atoms with E-state index in [-0.39, 0.29) is 11.5 Å². The second kappa shape index (κ2) is 9.38. The Morgan fingerprint density at radius 1 is 1.03 bits per heavy atom. The molecule has 0 aliphatic carbocycles. The van der Waals surface area contributed by atoms with Gasteiger partial charge in [-0.05, 0) is 23.8 Å². The number of hydrogen-bond acceptors (Lipinski definition) is 7. The number of carbonyl (C=O) groups excluding carboxylic acids is 1. The van der Waals surface area contributed by atoms with E-state index in [9.17, 15) is 9.59 Å². The minimum absolute atomic E-state index is 0.0756. The topological polar surface area (TPSA) is 120 Å². The number of ether oxygens (including phenoxy) is 1. The Morgan fingerprint density at radius 3 is 2.65 bits per heavy atom. The summed E-state index contributed by atoms with van der Waals surface area (Å²) in [6.45, 7) is 2.48. The summed E-state index contributed by atoms with van der Waals surface area (Å²) in [7, 11) is 1.57. The molecule has 0 saturated carbocycles. The van der Waals surface area contributed by atoms with Crippen LogP contribution in [0.25, 0.3) is 21.8 Å². The third kappa shape index (κ3) is 4.26. The molecule has 1 fully saturated rings. The number of nitrogens with zero attached hydrogens (tertiary/aromatic N) is 5. The standard InChI is InChI=1S/C27H25N7O3/c1-37-24-7-6-17(13-21-18-4-2-3-5-19(18)26(35)32-31-21)12-20(24)27(36)34-10-8-33(9-11-34)25-14-22-23(15-28-25)30-16-29-22/h2-7,12,14-16H,8-11,13H2,1H3,(H,29,30)(H,32,35). The van der Waals surface area contributed by atoms with Crippen LogP contribution in [-0.2, 0) is 6.42 Å². The Kier molecular flexibility index (Phi) is 5.76. The van der Waals surface area contributed by atoms with Crippen LogP contribution < -0.4 is 15.2 Å². The summed E-state index contributed by atoms with van der Waals surface area (Å²) in [5.41, 5.74) is 3.71. The second-order valence-corrected chi connectivity index (χ2v) is 9.00. The van der Waals surface area contributed by atoms with Crippen molar-refractivity contribution >= 4 is 33.5 Å². The Labute approximate surface area is 211 Å². The largest absolute Gasteiger partial charge is 0.496 e. The number of anilines is 1. The number of aromatic nitrogens is 5. The number of methoxy groups -OCH3 is 1. The Bertz CT molecular complexity index is 1670. The molecule has 0 unspecified atom stereocenters. The molecule has 4 heterocycles. The first-order valence-electron chi connectivity index (χ1n) is 12.1. The second-order valence-electron chi connectivity index (χ2n) is 9.00. The molecule has 3 aromatic heterocycles. The van der Waals surface area contributed by atoms with Gasteiger partial charge in [-0.25, -0.2) is 15.1 Å². The SMILES string of the molecule is COc1ccc(Cc2n[nH]c(=O)c3ccccc23)cc1C(=O)N1CCN(c2cc3nc[nH]c3cn2)CC1. The average Bonchev–Trinajstić information content (AvgIpc) is 3.42. The molecule has 1 saturated heterocycles. The number of fused-ring (bicyclic) bond motifs is 2. The Morgan fingerprint density at radius 2 is 1.84 bits per heavy atom. The summed E-state index contributed by atoms with van der Waals surface area (Å²) in [5.74, 6) is 1.31. The van der Waals surface area contributed by atoms with Gasteiger partial charge in [-0.3, -0.25) is 9.59 Å². The summed E-state index contributed by atoms with van der Waals surface area (Å²) in [4.78, 5) is 41.6. The summed E-state index contributed by atoms with van der Waals surface area (Å²) < 4.78 is 5.53. The molecule has 37 heavy (non-hydrogen) atoms. The highest BCUT2D eigenvalue weighted by atomic mass is 16.5. The average molecular weight is 496 g/mol. The van der Waals surface area contributed by atoms with Gasteiger partial charge in [0.05, 0.1) is 47.3 Å². The van der Waals surface area contributed by atoms with Gasteiger partial charge in [0.1, 0.15) is 11.6 Å². The molecule has 2 aromatic carbocycles. The molecule has 5 aromatic rings. The minimum Gasteiger partial charge on any atom is -0.496 e. The van der Waals surface area contributed by atoms with Crippen LogP contribution in [0.5, 0.6) is 5.75 Å². The van der Waals surface area contributed by atoms with Crippen molar-refractivity contribution in [2.75, 3.05) is 38.2 Å². The number of pyridine rings is 1. The molecule has 2 N–H and O–H groups in total. The lowest BCUT2D eigenvalue weighted by Crippen LogP contribution is -2.49. The summed E-state index contributed by atoms with van der Waals surface area (Å²) >= 11 is 0. The van der Waals surface area contributed by atoms with Crippen molar-refractivity contribution in [1.29, 1.82) is 0 Å². The number of aromatic amines is 2. The van der Waals surface area contributed by atoms with Gasteiger partial charge < -0.3 is 19.5 Å². The van der Waals surface area contributed by atoms with Gasteiger partial charge >= 0.3 is 0 Å². The van der Waals surface area contributed by atoms with Gasteiger partial charge in [0.2, 0.25) is 0 Å². The van der Waals surface area contributed by atoms with Crippen molar-refractivity contribution in [1.82, 2.24) is 30.0 Å². The Hall–Kier alpha value is -4.73. The fourth-order valence-electron chi connectivity index (χ4n) is 4.84. The molecule has 6 rings (SSSR count). The van der Waals surface area contributed by atoms with Gasteiger partial charge in [0, 0.05) is 44.1 Å². The van der Waals surface area contributed by atoms with Gasteiger partial charge in [0.15, 0.2) is 0 Å². The van der Waals surface area contributed by atoms with E-state index in [2.05, 4.69) is 30.0 Å². The maximum atomic E-state index is 13.6. The van der Waals surface area contributed by atoms with Crippen molar-refractivity contribution in [3.05, 3.63) is 88.2 Å². The zero-order valence-electron chi connectivity index (χ0n) is 20.3. The van der Waals surface area contributed by atoms with Crippen LogP contribution in [-0.4, -0.2) is 69.2 Å². The van der Waals surface area contributed by atoms with Crippen LogP contribution in [0.1, 0.15) is 21.6 Å². The normalized spacial score (nSPS) is 13.9. The van der Waals surface area contributed by atoms with Crippen LogP contribution in [0.3, 0.4) is 0 Å². The first-order valence-corrected chi connectivity index (χ1v) is 12.1. The maximum Gasteiger partial charge on any atom is 0.272 e. The quantitative estimate of drug-likeness (QED) is 0.385. The third-order valence-corrected chi connectivity index (χ3v) is 6.82. The number of H-pyrrole nitrogens is 2. The molecule has 10 heteroatoms. The van der Waals surface area contributed by atoms with E-state index in [1.165, 1.54) is 0 Å². The highest BCUT2D eigenvalue weighted by molar-refractivity contribution is 5.97. The maximum absolute atomic E-state index is 13.6. The number of rotatable bonds is 5. The van der Waals surface area contributed by atoms with Crippen LogP contribution in [0.4, 0.5) is 5.82 Å². The van der Waals surface area contributed by atoms with Crippen molar-refractivity contribution in [3.63, 3.8) is 0 Å². The van der Waals surface area contributed by atoms with E-state index in [0.29, 0.717) is 49.3 Å². The van der Waals surface area contributed by atoms with Crippen molar-refractivity contribution in [2.45, 2.75) is 6.42 Å². The van der Waals surface area contributed by atoms with Crippen LogP contribution in [0.2, 0.25) is 0 Å². The number of amides is 1. The molecule has 0 bridgehead atoms. The van der Waals surface area contributed by atoms with Crippen LogP contribution >= 0.6 is 0 Å². The van der Waals surface area contributed by atoms with E-state index >= 15 is 0 Å². The number of benzene rings is 2. The number of piperazine rings is 1. The fraction of sp³-hybridized carbons (Fsp3) is 0.222. The van der Waals surface area contributed by atoms with Gasteiger partial charge in [-0.2, -0.15) is 5.10 Å². The molecular formula is C27H25N7O3. The zero-order chi connectivity index (χ0) is 25.4. The predicted molar refractivity (Wildman–Crippen MR) is 140 cm³/mol. The predicted octanol–water partition coefficient (Wildman–Crippen LogP) is 2.76. The van der Waals surface area contributed by atoms with E-state index in [0.717, 1.165) is 33.5 Å². The highest BCUT2D eigenvalue weighted by Gasteiger charge is 2.25. The van der Waals surface area contributed by atoms with E-state index in [1.54, 1.807) is 25.7 Å². The van der Waals surface area contributed by atoms with Crippen molar-refractivity contribution in [2.24, 2.45) is 0 Å².